The molecule has 0 N–H and O–H groups in total. The van der Waals surface area contributed by atoms with Gasteiger partial charge in [-0.1, -0.05) is 43.0 Å². The second-order valence-corrected chi connectivity index (χ2v) is 4.57. The van der Waals surface area contributed by atoms with Gasteiger partial charge in [0.25, 0.3) is 0 Å². The molecule has 2 rings (SSSR count). The fourth-order valence-electron chi connectivity index (χ4n) is 1.92. The Morgan fingerprint density at radius 2 is 1.86 bits per heavy atom. The third-order valence-electron chi connectivity index (χ3n) is 3.05. The minimum Gasteiger partial charge on any atom is -0.497 e. The first-order valence-electron chi connectivity index (χ1n) is 6.94. The highest BCUT2D eigenvalue weighted by atomic mass is 16.5. The highest BCUT2D eigenvalue weighted by molar-refractivity contribution is 6.08. The van der Waals surface area contributed by atoms with Crippen LogP contribution in [0.5, 0.6) is 11.5 Å². The fourth-order valence-corrected chi connectivity index (χ4v) is 1.92. The quantitative estimate of drug-likeness (QED) is 0.437. The van der Waals surface area contributed by atoms with Crippen molar-refractivity contribution in [2.75, 3.05) is 13.7 Å². The van der Waals surface area contributed by atoms with E-state index in [4.69, 9.17) is 9.47 Å². The van der Waals surface area contributed by atoms with Gasteiger partial charge in [-0.25, -0.2) is 0 Å². The van der Waals surface area contributed by atoms with Crippen LogP contribution in [0, 0.1) is 0 Å². The minimum absolute atomic E-state index is 0.101. The van der Waals surface area contributed by atoms with Gasteiger partial charge in [0.15, 0.2) is 5.78 Å². The molecule has 0 unspecified atom stereocenters. The van der Waals surface area contributed by atoms with Crippen LogP contribution in [0.4, 0.5) is 0 Å². The molecule has 0 aromatic heterocycles. The van der Waals surface area contributed by atoms with Crippen molar-refractivity contribution in [1.29, 1.82) is 0 Å². The molecule has 0 aliphatic rings. The Morgan fingerprint density at radius 3 is 2.55 bits per heavy atom. The van der Waals surface area contributed by atoms with E-state index < -0.39 is 0 Å². The number of hydrogen-bond donors (Lipinski definition) is 0. The van der Waals surface area contributed by atoms with Crippen molar-refractivity contribution in [3.05, 3.63) is 78.4 Å². The average molecular weight is 294 g/mol. The SMILES string of the molecule is C=CCOc1ccccc1C(=O)/C=C/c1ccc(OC)cc1. The summed E-state index contributed by atoms with van der Waals surface area (Å²) in [5, 5.41) is 0. The number of allylic oxidation sites excluding steroid dienone is 1. The first kappa shape index (κ1) is 15.6. The molecular weight excluding hydrogens is 276 g/mol. The van der Waals surface area contributed by atoms with E-state index in [1.54, 1.807) is 31.4 Å². The van der Waals surface area contributed by atoms with Crippen LogP contribution in [-0.4, -0.2) is 19.5 Å². The van der Waals surface area contributed by atoms with Crippen molar-refractivity contribution in [2.24, 2.45) is 0 Å². The van der Waals surface area contributed by atoms with Gasteiger partial charge in [0.05, 0.1) is 12.7 Å². The van der Waals surface area contributed by atoms with Crippen molar-refractivity contribution in [1.82, 2.24) is 0 Å². The lowest BCUT2D eigenvalue weighted by atomic mass is 10.1. The summed E-state index contributed by atoms with van der Waals surface area (Å²) in [4.78, 5) is 12.3. The molecule has 0 spiro atoms. The average Bonchev–Trinajstić information content (AvgIpc) is 2.58. The lowest BCUT2D eigenvalue weighted by Gasteiger charge is -2.07. The Labute approximate surface area is 130 Å². The van der Waals surface area contributed by atoms with Gasteiger partial charge >= 0.3 is 0 Å². The third kappa shape index (κ3) is 4.09. The normalized spacial score (nSPS) is 10.4. The Bertz CT molecular complexity index is 669. The molecule has 0 bridgehead atoms. The summed E-state index contributed by atoms with van der Waals surface area (Å²) in [5.74, 6) is 1.24. The lowest BCUT2D eigenvalue weighted by Crippen LogP contribution is -2.01. The van der Waals surface area contributed by atoms with E-state index in [2.05, 4.69) is 6.58 Å². The molecule has 22 heavy (non-hydrogen) atoms. The number of ketones is 1. The third-order valence-corrected chi connectivity index (χ3v) is 3.05. The number of rotatable bonds is 7. The highest BCUT2D eigenvalue weighted by Gasteiger charge is 2.08. The van der Waals surface area contributed by atoms with Gasteiger partial charge in [0.1, 0.15) is 18.1 Å². The summed E-state index contributed by atoms with van der Waals surface area (Å²) in [6.45, 7) is 3.97. The predicted molar refractivity (Wildman–Crippen MR) is 88.5 cm³/mol. The molecular formula is C19H18O3. The summed E-state index contributed by atoms with van der Waals surface area (Å²) in [6, 6.07) is 14.7. The number of ether oxygens (including phenoxy) is 2. The van der Waals surface area contributed by atoms with E-state index in [1.165, 1.54) is 6.08 Å². The van der Waals surface area contributed by atoms with Gasteiger partial charge in [-0.3, -0.25) is 4.79 Å². The molecule has 0 aliphatic carbocycles. The van der Waals surface area contributed by atoms with E-state index in [0.717, 1.165) is 11.3 Å². The van der Waals surface area contributed by atoms with E-state index in [1.807, 2.05) is 36.4 Å². The van der Waals surface area contributed by atoms with Crippen LogP contribution in [0.1, 0.15) is 15.9 Å². The number of para-hydroxylation sites is 1. The van der Waals surface area contributed by atoms with E-state index in [9.17, 15) is 4.79 Å². The molecule has 0 saturated carbocycles. The van der Waals surface area contributed by atoms with Crippen LogP contribution >= 0.6 is 0 Å². The van der Waals surface area contributed by atoms with Crippen molar-refractivity contribution in [3.63, 3.8) is 0 Å². The standard InChI is InChI=1S/C19H18O3/c1-3-14-22-19-7-5-4-6-17(19)18(20)13-10-15-8-11-16(21-2)12-9-15/h3-13H,1,14H2,2H3/b13-10+. The molecule has 0 aliphatic heterocycles. The highest BCUT2D eigenvalue weighted by Crippen LogP contribution is 2.20. The van der Waals surface area contributed by atoms with Gasteiger partial charge in [-0.15, -0.1) is 0 Å². The van der Waals surface area contributed by atoms with Crippen LogP contribution in [0.3, 0.4) is 0 Å². The Balaban J connectivity index is 2.14. The Kier molecular flexibility index (Phi) is 5.55. The van der Waals surface area contributed by atoms with Crippen LogP contribution in [0.25, 0.3) is 6.08 Å². The molecule has 2 aromatic carbocycles. The maximum absolute atomic E-state index is 12.3. The zero-order chi connectivity index (χ0) is 15.8. The molecule has 3 heteroatoms. The van der Waals surface area contributed by atoms with E-state index >= 15 is 0 Å². The van der Waals surface area contributed by atoms with Gasteiger partial charge in [0.2, 0.25) is 0 Å². The molecule has 112 valence electrons. The number of benzene rings is 2. The maximum Gasteiger partial charge on any atom is 0.189 e. The number of hydrogen-bond acceptors (Lipinski definition) is 3. The zero-order valence-corrected chi connectivity index (χ0v) is 12.5. The second kappa shape index (κ2) is 7.84. The first-order chi connectivity index (χ1) is 10.7. The maximum atomic E-state index is 12.3. The lowest BCUT2D eigenvalue weighted by molar-refractivity contribution is 0.104. The minimum atomic E-state index is -0.101. The molecule has 0 heterocycles. The smallest absolute Gasteiger partial charge is 0.189 e. The number of methoxy groups -OCH3 is 1. The molecule has 3 nitrogen and oxygen atoms in total. The molecule has 0 amide bonds. The van der Waals surface area contributed by atoms with Crippen molar-refractivity contribution < 1.29 is 14.3 Å². The van der Waals surface area contributed by atoms with Gasteiger partial charge in [-0.05, 0) is 35.9 Å². The first-order valence-corrected chi connectivity index (χ1v) is 6.94. The summed E-state index contributed by atoms with van der Waals surface area (Å²) in [5.41, 5.74) is 1.47. The fraction of sp³-hybridized carbons (Fsp3) is 0.105. The van der Waals surface area contributed by atoms with Crippen LogP contribution in [0.15, 0.2) is 67.3 Å². The summed E-state index contributed by atoms with van der Waals surface area (Å²) in [7, 11) is 1.62. The monoisotopic (exact) mass is 294 g/mol. The molecule has 2 aromatic rings. The zero-order valence-electron chi connectivity index (χ0n) is 12.5. The number of carbonyl (C=O) groups excluding carboxylic acids is 1. The summed E-state index contributed by atoms with van der Waals surface area (Å²) < 4.78 is 10.6. The molecule has 0 saturated heterocycles. The summed E-state index contributed by atoms with van der Waals surface area (Å²) >= 11 is 0. The molecule has 0 fully saturated rings. The molecule has 0 atom stereocenters. The Morgan fingerprint density at radius 1 is 1.14 bits per heavy atom. The Hall–Kier alpha value is -2.81. The topological polar surface area (TPSA) is 35.5 Å². The van der Waals surface area contributed by atoms with Crippen molar-refractivity contribution in [3.8, 4) is 11.5 Å². The van der Waals surface area contributed by atoms with Crippen LogP contribution < -0.4 is 9.47 Å². The van der Waals surface area contributed by atoms with Crippen molar-refractivity contribution >= 4 is 11.9 Å². The summed E-state index contributed by atoms with van der Waals surface area (Å²) in [6.07, 6.45) is 4.96. The largest absolute Gasteiger partial charge is 0.497 e. The predicted octanol–water partition coefficient (Wildman–Crippen LogP) is 4.16. The van der Waals surface area contributed by atoms with Crippen molar-refractivity contribution in [2.45, 2.75) is 0 Å². The molecule has 0 radical (unpaired) electrons. The van der Waals surface area contributed by atoms with Gasteiger partial charge in [-0.2, -0.15) is 0 Å². The van der Waals surface area contributed by atoms with E-state index in [0.29, 0.717) is 17.9 Å². The van der Waals surface area contributed by atoms with Crippen LogP contribution in [0.2, 0.25) is 0 Å². The number of carbonyl (C=O) groups is 1. The second-order valence-electron chi connectivity index (χ2n) is 4.57. The van der Waals surface area contributed by atoms with Gasteiger partial charge in [0, 0.05) is 0 Å². The van der Waals surface area contributed by atoms with Gasteiger partial charge < -0.3 is 9.47 Å². The van der Waals surface area contributed by atoms with Crippen LogP contribution in [-0.2, 0) is 0 Å². The van der Waals surface area contributed by atoms with E-state index in [-0.39, 0.29) is 5.78 Å².